The Balaban J connectivity index is 1.48. The molecule has 1 atom stereocenters. The topological polar surface area (TPSA) is 55.9 Å². The van der Waals surface area contributed by atoms with Gasteiger partial charge in [-0.25, -0.2) is 4.79 Å². The van der Waals surface area contributed by atoms with Gasteiger partial charge in [-0.05, 0) is 25.3 Å². The Bertz CT molecular complexity index is 681. The van der Waals surface area contributed by atoms with Gasteiger partial charge < -0.3 is 15.1 Å². The maximum atomic E-state index is 13.2. The third-order valence-electron chi connectivity index (χ3n) is 6.31. The van der Waals surface area contributed by atoms with Gasteiger partial charge >= 0.3 is 6.03 Å². The van der Waals surface area contributed by atoms with E-state index in [1.807, 2.05) is 22.8 Å². The fourth-order valence-corrected chi connectivity index (χ4v) is 4.97. The molecule has 1 aromatic carbocycles. The zero-order valence-corrected chi connectivity index (χ0v) is 16.2. The molecule has 3 amide bonds. The van der Waals surface area contributed by atoms with Gasteiger partial charge in [0.2, 0.25) is 5.91 Å². The van der Waals surface area contributed by atoms with Gasteiger partial charge in [-0.1, -0.05) is 30.3 Å². The normalized spacial score (nSPS) is 24.3. The van der Waals surface area contributed by atoms with E-state index < -0.39 is 0 Å². The number of rotatable bonds is 4. The molecule has 0 bridgehead atoms. The molecule has 0 saturated carbocycles. The van der Waals surface area contributed by atoms with E-state index in [0.29, 0.717) is 25.5 Å². The highest BCUT2D eigenvalue weighted by atomic mass is 16.2. The molecule has 0 radical (unpaired) electrons. The summed E-state index contributed by atoms with van der Waals surface area (Å²) in [5.74, 6) is 0.309. The number of benzene rings is 1. The van der Waals surface area contributed by atoms with Crippen molar-refractivity contribution in [2.75, 3.05) is 45.8 Å². The van der Waals surface area contributed by atoms with Crippen molar-refractivity contribution >= 4 is 11.9 Å². The van der Waals surface area contributed by atoms with Gasteiger partial charge in [-0.2, -0.15) is 0 Å². The second-order valence-electron chi connectivity index (χ2n) is 8.29. The van der Waals surface area contributed by atoms with Crippen molar-refractivity contribution in [1.29, 1.82) is 0 Å². The van der Waals surface area contributed by atoms with E-state index in [1.54, 1.807) is 0 Å². The first-order valence-electron chi connectivity index (χ1n) is 10.2. The average molecular weight is 370 g/mol. The Hall–Kier alpha value is -2.08. The number of likely N-dealkylation sites (tertiary alicyclic amines) is 3. The molecule has 1 unspecified atom stereocenters. The molecule has 27 heavy (non-hydrogen) atoms. The maximum absolute atomic E-state index is 13.2. The van der Waals surface area contributed by atoms with Crippen LogP contribution in [0.5, 0.6) is 0 Å². The van der Waals surface area contributed by atoms with Crippen LogP contribution >= 0.6 is 0 Å². The van der Waals surface area contributed by atoms with E-state index >= 15 is 0 Å². The zero-order chi connectivity index (χ0) is 18.9. The molecule has 1 N–H and O–H groups in total. The third kappa shape index (κ3) is 3.55. The predicted octanol–water partition coefficient (Wildman–Crippen LogP) is 1.77. The fourth-order valence-electron chi connectivity index (χ4n) is 4.97. The number of nitrogens with one attached hydrogen (secondary N) is 1. The number of hydrogen-bond donors (Lipinski definition) is 1. The van der Waals surface area contributed by atoms with Crippen LogP contribution in [-0.4, -0.2) is 72.5 Å². The predicted molar refractivity (Wildman–Crippen MR) is 104 cm³/mol. The van der Waals surface area contributed by atoms with Crippen molar-refractivity contribution in [3.8, 4) is 0 Å². The number of nitrogens with zero attached hydrogens (tertiary/aromatic N) is 3. The molecule has 3 aliphatic heterocycles. The molecule has 6 nitrogen and oxygen atoms in total. The van der Waals surface area contributed by atoms with Gasteiger partial charge in [-0.3, -0.25) is 9.69 Å². The van der Waals surface area contributed by atoms with Crippen LogP contribution in [0.4, 0.5) is 4.79 Å². The summed E-state index contributed by atoms with van der Waals surface area (Å²) in [6, 6.07) is 10.4. The van der Waals surface area contributed by atoms with Crippen LogP contribution in [0.2, 0.25) is 0 Å². The molecule has 6 heteroatoms. The van der Waals surface area contributed by atoms with E-state index in [2.05, 4.69) is 34.5 Å². The molecule has 0 aromatic heterocycles. The number of hydrogen-bond acceptors (Lipinski definition) is 3. The Labute approximate surface area is 161 Å². The van der Waals surface area contributed by atoms with E-state index in [9.17, 15) is 9.59 Å². The minimum Gasteiger partial charge on any atom is -0.342 e. The number of carbonyl (C=O) groups is 2. The van der Waals surface area contributed by atoms with Crippen molar-refractivity contribution in [2.24, 2.45) is 11.3 Å². The Morgan fingerprint density at radius 2 is 1.78 bits per heavy atom. The van der Waals surface area contributed by atoms with Crippen molar-refractivity contribution in [2.45, 2.75) is 26.3 Å². The van der Waals surface area contributed by atoms with Gasteiger partial charge in [0.15, 0.2) is 0 Å². The molecule has 146 valence electrons. The van der Waals surface area contributed by atoms with Crippen LogP contribution in [0.3, 0.4) is 0 Å². The van der Waals surface area contributed by atoms with Crippen LogP contribution in [0.25, 0.3) is 0 Å². The third-order valence-corrected chi connectivity index (χ3v) is 6.31. The summed E-state index contributed by atoms with van der Waals surface area (Å²) < 4.78 is 0. The standard InChI is InChI=1S/C21H30N4O2/c1-2-22-20(27)25-15-21(16-25)14-23(12-17-8-4-3-5-9-17)13-18(21)19(26)24-10-6-7-11-24/h3-5,8-9,18H,2,6-7,10-16H2,1H3,(H,22,27). The first-order valence-corrected chi connectivity index (χ1v) is 10.2. The monoisotopic (exact) mass is 370 g/mol. The molecular formula is C21H30N4O2. The van der Waals surface area contributed by atoms with Crippen LogP contribution in [0, 0.1) is 11.3 Å². The first-order chi connectivity index (χ1) is 13.1. The summed E-state index contributed by atoms with van der Waals surface area (Å²) in [4.78, 5) is 31.7. The van der Waals surface area contributed by atoms with E-state index in [0.717, 1.165) is 45.6 Å². The molecule has 3 saturated heterocycles. The molecule has 0 aliphatic carbocycles. The van der Waals surface area contributed by atoms with Crippen LogP contribution in [0.15, 0.2) is 30.3 Å². The number of urea groups is 1. The summed E-state index contributed by atoms with van der Waals surface area (Å²) in [5, 5.41) is 2.88. The lowest BCUT2D eigenvalue weighted by molar-refractivity contribution is -0.140. The summed E-state index contributed by atoms with van der Waals surface area (Å²) in [5.41, 5.74) is 1.20. The van der Waals surface area contributed by atoms with Gasteiger partial charge in [-0.15, -0.1) is 0 Å². The second kappa shape index (κ2) is 7.50. The van der Waals surface area contributed by atoms with Gasteiger partial charge in [0.05, 0.1) is 5.92 Å². The minimum absolute atomic E-state index is 0.00277. The van der Waals surface area contributed by atoms with Crippen molar-refractivity contribution < 1.29 is 9.59 Å². The van der Waals surface area contributed by atoms with Crippen LogP contribution < -0.4 is 5.32 Å². The molecule has 1 aromatic rings. The van der Waals surface area contributed by atoms with Gasteiger partial charge in [0.1, 0.15) is 0 Å². The Kier molecular flexibility index (Phi) is 5.08. The lowest BCUT2D eigenvalue weighted by Gasteiger charge is -2.50. The average Bonchev–Trinajstić information content (AvgIpc) is 3.29. The Morgan fingerprint density at radius 3 is 2.44 bits per heavy atom. The SMILES string of the molecule is CCNC(=O)N1CC2(CN(Cc3ccccc3)CC2C(=O)N2CCCC2)C1. The van der Waals surface area contributed by atoms with Gasteiger partial charge in [0.25, 0.3) is 0 Å². The van der Waals surface area contributed by atoms with E-state index in [1.165, 1.54) is 5.56 Å². The molecule has 3 heterocycles. The molecule has 1 spiro atoms. The van der Waals surface area contributed by atoms with Gasteiger partial charge in [0, 0.05) is 57.8 Å². The Morgan fingerprint density at radius 1 is 1.07 bits per heavy atom. The van der Waals surface area contributed by atoms with E-state index in [-0.39, 0.29) is 17.4 Å². The minimum atomic E-state index is -0.0838. The largest absolute Gasteiger partial charge is 0.342 e. The quantitative estimate of drug-likeness (QED) is 0.879. The summed E-state index contributed by atoms with van der Waals surface area (Å²) in [7, 11) is 0. The van der Waals surface area contributed by atoms with Crippen molar-refractivity contribution in [3.05, 3.63) is 35.9 Å². The summed E-state index contributed by atoms with van der Waals surface area (Å²) in [6.45, 7) is 8.29. The molecular weight excluding hydrogens is 340 g/mol. The number of amides is 3. The first kappa shape index (κ1) is 18.3. The highest BCUT2D eigenvalue weighted by Crippen LogP contribution is 2.45. The summed E-state index contributed by atoms with van der Waals surface area (Å²) in [6.07, 6.45) is 2.23. The van der Waals surface area contributed by atoms with E-state index in [4.69, 9.17) is 0 Å². The molecule has 3 aliphatic rings. The van der Waals surface area contributed by atoms with Crippen LogP contribution in [-0.2, 0) is 11.3 Å². The number of carbonyl (C=O) groups excluding carboxylic acids is 2. The summed E-state index contributed by atoms with van der Waals surface area (Å²) >= 11 is 0. The highest BCUT2D eigenvalue weighted by Gasteiger charge is 2.58. The van der Waals surface area contributed by atoms with Crippen LogP contribution in [0.1, 0.15) is 25.3 Å². The second-order valence-corrected chi connectivity index (χ2v) is 8.29. The fraction of sp³-hybridized carbons (Fsp3) is 0.619. The highest BCUT2D eigenvalue weighted by molar-refractivity contribution is 5.82. The zero-order valence-electron chi connectivity index (χ0n) is 16.2. The van der Waals surface area contributed by atoms with Crippen molar-refractivity contribution in [1.82, 2.24) is 20.0 Å². The smallest absolute Gasteiger partial charge is 0.317 e. The molecule has 3 fully saturated rings. The lowest BCUT2D eigenvalue weighted by atomic mass is 9.71. The molecule has 4 rings (SSSR count). The lowest BCUT2D eigenvalue weighted by Crippen LogP contribution is -2.65. The maximum Gasteiger partial charge on any atom is 0.317 e. The van der Waals surface area contributed by atoms with Crippen molar-refractivity contribution in [3.63, 3.8) is 0 Å².